The van der Waals surface area contributed by atoms with Crippen molar-refractivity contribution < 1.29 is 9.90 Å². The van der Waals surface area contributed by atoms with Gasteiger partial charge in [-0.2, -0.15) is 0 Å². The summed E-state index contributed by atoms with van der Waals surface area (Å²) in [5, 5.41) is 15.4. The fraction of sp³-hybridized carbons (Fsp3) is 0.318. The van der Waals surface area contributed by atoms with Crippen molar-refractivity contribution in [3.63, 3.8) is 0 Å². The second kappa shape index (κ2) is 9.15. The van der Waals surface area contributed by atoms with Crippen LogP contribution in [-0.4, -0.2) is 72.3 Å². The Balaban J connectivity index is 1.62. The first kappa shape index (κ1) is 20.8. The minimum absolute atomic E-state index is 0.00601. The van der Waals surface area contributed by atoms with Crippen LogP contribution >= 0.6 is 0 Å². The molecule has 4 rings (SSSR count). The monoisotopic (exact) mass is 421 g/mol. The van der Waals surface area contributed by atoms with Crippen molar-refractivity contribution in [2.45, 2.75) is 0 Å². The van der Waals surface area contributed by atoms with Gasteiger partial charge in [0.15, 0.2) is 11.5 Å². The maximum atomic E-state index is 12.0. The zero-order chi connectivity index (χ0) is 21.8. The van der Waals surface area contributed by atoms with E-state index in [-0.39, 0.29) is 12.3 Å². The number of benzene rings is 2. The van der Waals surface area contributed by atoms with Crippen molar-refractivity contribution in [3.8, 4) is 0 Å². The van der Waals surface area contributed by atoms with Crippen LogP contribution in [-0.2, 0) is 0 Å². The molecule has 0 radical (unpaired) electrons. The van der Waals surface area contributed by atoms with Gasteiger partial charge in [-0.3, -0.25) is 4.79 Å². The molecular formula is C22H27N7O2. The molecule has 0 atom stereocenters. The summed E-state index contributed by atoms with van der Waals surface area (Å²) in [6.45, 7) is 4.45. The lowest BCUT2D eigenvalue weighted by Crippen LogP contribution is -2.44. The number of amides is 1. The van der Waals surface area contributed by atoms with Gasteiger partial charge in [-0.1, -0.05) is 6.07 Å². The van der Waals surface area contributed by atoms with Gasteiger partial charge in [0.05, 0.1) is 17.8 Å². The summed E-state index contributed by atoms with van der Waals surface area (Å²) in [7, 11) is 2.13. The summed E-state index contributed by atoms with van der Waals surface area (Å²) in [6.07, 6.45) is 0. The highest BCUT2D eigenvalue weighted by atomic mass is 16.3. The summed E-state index contributed by atoms with van der Waals surface area (Å²) in [6, 6.07) is 13.5. The smallest absolute Gasteiger partial charge is 0.271 e. The molecule has 2 aromatic carbocycles. The largest absolute Gasteiger partial charge is 0.395 e. The first-order valence-electron chi connectivity index (χ1n) is 10.3. The number of rotatable bonds is 7. The molecule has 1 amide bonds. The van der Waals surface area contributed by atoms with Crippen LogP contribution in [0.2, 0.25) is 0 Å². The van der Waals surface area contributed by atoms with Crippen LogP contribution in [0.25, 0.3) is 11.0 Å². The highest BCUT2D eigenvalue weighted by molar-refractivity contribution is 6.00. The number of hydrogen-bond acceptors (Lipinski definition) is 8. The van der Waals surface area contributed by atoms with E-state index in [0.29, 0.717) is 23.4 Å². The number of aliphatic hydroxyl groups excluding tert-OH is 1. The summed E-state index contributed by atoms with van der Waals surface area (Å²) >= 11 is 0. The number of nitrogens with zero attached hydrogens (tertiary/aromatic N) is 4. The molecule has 1 aliphatic heterocycles. The third-order valence-electron chi connectivity index (χ3n) is 5.35. The van der Waals surface area contributed by atoms with Crippen molar-refractivity contribution >= 4 is 39.8 Å². The number of aromatic nitrogens is 2. The molecule has 1 fully saturated rings. The van der Waals surface area contributed by atoms with Crippen LogP contribution < -0.4 is 21.3 Å². The number of fused-ring (bicyclic) bond motifs is 1. The Morgan fingerprint density at radius 3 is 2.52 bits per heavy atom. The highest BCUT2D eigenvalue weighted by Crippen LogP contribution is 2.27. The Hall–Kier alpha value is -3.43. The number of para-hydroxylation sites is 1. The molecular weight excluding hydrogens is 394 g/mol. The van der Waals surface area contributed by atoms with Gasteiger partial charge in [-0.25, -0.2) is 9.97 Å². The number of anilines is 4. The first-order chi connectivity index (χ1) is 15.0. The van der Waals surface area contributed by atoms with Crippen LogP contribution in [0.1, 0.15) is 10.5 Å². The molecule has 0 aliphatic carbocycles. The van der Waals surface area contributed by atoms with Crippen molar-refractivity contribution in [1.29, 1.82) is 0 Å². The maximum absolute atomic E-state index is 12.0. The number of nitrogens with one attached hydrogen (secondary N) is 2. The number of carbonyl (C=O) groups excluding carboxylic acids is 1. The third-order valence-corrected chi connectivity index (χ3v) is 5.35. The van der Waals surface area contributed by atoms with E-state index in [1.54, 1.807) is 6.07 Å². The molecule has 2 heterocycles. The van der Waals surface area contributed by atoms with Gasteiger partial charge in [0.2, 0.25) is 0 Å². The number of likely N-dealkylation sites (N-methyl/N-ethyl adjacent to an activating group) is 1. The molecule has 5 N–H and O–H groups in total. The highest BCUT2D eigenvalue weighted by Gasteiger charge is 2.17. The van der Waals surface area contributed by atoms with E-state index >= 15 is 0 Å². The lowest BCUT2D eigenvalue weighted by molar-refractivity contribution is 0.0996. The molecule has 0 unspecified atom stereocenters. The SMILES string of the molecule is CN1CCN(c2ccc(Nc3nc4c(NCCO)cccc4nc3C(N)=O)cc2)CC1. The molecule has 9 heteroatoms. The number of primary amides is 1. The third kappa shape index (κ3) is 4.68. The van der Waals surface area contributed by atoms with E-state index in [9.17, 15) is 4.79 Å². The van der Waals surface area contributed by atoms with E-state index in [4.69, 9.17) is 10.8 Å². The zero-order valence-electron chi connectivity index (χ0n) is 17.5. The molecule has 0 spiro atoms. The van der Waals surface area contributed by atoms with E-state index in [0.717, 1.165) is 43.2 Å². The second-order valence-corrected chi connectivity index (χ2v) is 7.57. The van der Waals surface area contributed by atoms with Crippen LogP contribution in [0.15, 0.2) is 42.5 Å². The number of hydrogen-bond donors (Lipinski definition) is 4. The van der Waals surface area contributed by atoms with Crippen LogP contribution in [0.4, 0.5) is 22.9 Å². The molecule has 9 nitrogen and oxygen atoms in total. The maximum Gasteiger partial charge on any atom is 0.271 e. The number of nitrogens with two attached hydrogens (primary N) is 1. The number of piperazine rings is 1. The summed E-state index contributed by atoms with van der Waals surface area (Å²) in [5.41, 5.74) is 9.47. The Morgan fingerprint density at radius 1 is 1.10 bits per heavy atom. The lowest BCUT2D eigenvalue weighted by Gasteiger charge is -2.34. The predicted molar refractivity (Wildman–Crippen MR) is 123 cm³/mol. The Labute approximate surface area is 180 Å². The molecule has 1 aromatic heterocycles. The molecule has 162 valence electrons. The molecule has 1 aliphatic rings. The zero-order valence-corrected chi connectivity index (χ0v) is 17.5. The first-order valence-corrected chi connectivity index (χ1v) is 10.3. The Kier molecular flexibility index (Phi) is 6.15. The van der Waals surface area contributed by atoms with Crippen molar-refractivity contribution in [1.82, 2.24) is 14.9 Å². The van der Waals surface area contributed by atoms with Gasteiger partial charge >= 0.3 is 0 Å². The van der Waals surface area contributed by atoms with Gasteiger partial charge in [0, 0.05) is 44.1 Å². The fourth-order valence-electron chi connectivity index (χ4n) is 3.63. The normalized spacial score (nSPS) is 14.6. The van der Waals surface area contributed by atoms with Crippen LogP contribution in [0.5, 0.6) is 0 Å². The molecule has 0 saturated carbocycles. The van der Waals surface area contributed by atoms with Gasteiger partial charge in [0.1, 0.15) is 5.52 Å². The van der Waals surface area contributed by atoms with Gasteiger partial charge < -0.3 is 31.3 Å². The Morgan fingerprint density at radius 2 is 1.84 bits per heavy atom. The van der Waals surface area contributed by atoms with Gasteiger partial charge in [0.25, 0.3) is 5.91 Å². The summed E-state index contributed by atoms with van der Waals surface area (Å²) in [4.78, 5) is 25.7. The average molecular weight is 422 g/mol. The Bertz CT molecular complexity index is 1060. The topological polar surface area (TPSA) is 120 Å². The van der Waals surface area contributed by atoms with Crippen molar-refractivity contribution in [2.24, 2.45) is 5.73 Å². The van der Waals surface area contributed by atoms with E-state index in [2.05, 4.69) is 49.6 Å². The summed E-state index contributed by atoms with van der Waals surface area (Å²) in [5.74, 6) is -0.356. The van der Waals surface area contributed by atoms with Crippen LogP contribution in [0.3, 0.4) is 0 Å². The molecule has 1 saturated heterocycles. The molecule has 31 heavy (non-hydrogen) atoms. The molecule has 0 bridgehead atoms. The summed E-state index contributed by atoms with van der Waals surface area (Å²) < 4.78 is 0. The van der Waals surface area contributed by atoms with Gasteiger partial charge in [-0.15, -0.1) is 0 Å². The van der Waals surface area contributed by atoms with Crippen LogP contribution in [0, 0.1) is 0 Å². The fourth-order valence-corrected chi connectivity index (χ4v) is 3.63. The minimum Gasteiger partial charge on any atom is -0.395 e. The lowest BCUT2D eigenvalue weighted by atomic mass is 10.2. The predicted octanol–water partition coefficient (Wildman–Crippen LogP) is 1.63. The van der Waals surface area contributed by atoms with Gasteiger partial charge in [-0.05, 0) is 43.4 Å². The van der Waals surface area contributed by atoms with E-state index in [1.165, 1.54) is 0 Å². The number of carbonyl (C=O) groups is 1. The quantitative estimate of drug-likeness (QED) is 0.454. The minimum atomic E-state index is -0.653. The average Bonchev–Trinajstić information content (AvgIpc) is 2.78. The standard InChI is InChI=1S/C22H27N7O2/c1-28-10-12-29(13-11-28)16-7-5-15(6-8-16)25-22-20(21(23)31)26-18-4-2-3-17(19(18)27-22)24-9-14-30/h2-8,24,30H,9-14H2,1H3,(H2,23,31)(H,25,27). The second-order valence-electron chi connectivity index (χ2n) is 7.57. The van der Waals surface area contributed by atoms with Crippen molar-refractivity contribution in [2.75, 3.05) is 61.9 Å². The molecule has 3 aromatic rings. The van der Waals surface area contributed by atoms with E-state index < -0.39 is 5.91 Å². The number of aliphatic hydroxyl groups is 1. The van der Waals surface area contributed by atoms with Crippen molar-refractivity contribution in [3.05, 3.63) is 48.2 Å². The van der Waals surface area contributed by atoms with E-state index in [1.807, 2.05) is 24.3 Å².